The molecular weight excluding hydrogens is 610 g/mol. The van der Waals surface area contributed by atoms with E-state index in [0.717, 1.165) is 15.3 Å². The predicted molar refractivity (Wildman–Crippen MR) is 151 cm³/mol. The molecule has 39 heavy (non-hydrogen) atoms. The summed E-state index contributed by atoms with van der Waals surface area (Å²) in [5, 5.41) is 3.17. The van der Waals surface area contributed by atoms with E-state index in [0.29, 0.717) is 20.3 Å². The van der Waals surface area contributed by atoms with Crippen LogP contribution in [0, 0.1) is 0 Å². The van der Waals surface area contributed by atoms with Crippen LogP contribution < -0.4 is 10.1 Å². The SMILES string of the molecule is COC(=O)c1sc(-c2ccnc3c2ccn3S(=O)(=O)c2ccccc2)c(Br)c1OCCNC(=O)OC(C)(C)C. The summed E-state index contributed by atoms with van der Waals surface area (Å²) in [5.41, 5.74) is 0.245. The first-order valence-corrected chi connectivity index (χ1v) is 14.8. The first-order chi connectivity index (χ1) is 18.4. The van der Waals surface area contributed by atoms with Crippen LogP contribution in [-0.4, -0.2) is 55.3 Å². The number of carbonyl (C=O) groups is 2. The molecule has 206 valence electrons. The number of aromatic nitrogens is 2. The number of alkyl carbamates (subject to hydrolysis) is 1. The minimum absolute atomic E-state index is 0.0511. The Bertz CT molecular complexity index is 1620. The molecule has 0 saturated carbocycles. The maximum absolute atomic E-state index is 13.3. The first-order valence-electron chi connectivity index (χ1n) is 11.7. The van der Waals surface area contributed by atoms with E-state index in [1.165, 1.54) is 31.6 Å². The van der Waals surface area contributed by atoms with Crippen LogP contribution in [0.5, 0.6) is 5.75 Å². The fourth-order valence-electron chi connectivity index (χ4n) is 3.66. The van der Waals surface area contributed by atoms with Gasteiger partial charge in [-0.15, -0.1) is 11.3 Å². The van der Waals surface area contributed by atoms with Crippen molar-refractivity contribution in [2.45, 2.75) is 31.3 Å². The topological polar surface area (TPSA) is 126 Å². The van der Waals surface area contributed by atoms with Gasteiger partial charge in [-0.05, 0) is 61.0 Å². The lowest BCUT2D eigenvalue weighted by molar-refractivity contribution is 0.0516. The molecule has 10 nitrogen and oxygen atoms in total. The zero-order valence-electron chi connectivity index (χ0n) is 21.6. The van der Waals surface area contributed by atoms with E-state index < -0.39 is 27.7 Å². The van der Waals surface area contributed by atoms with Crippen molar-refractivity contribution in [2.75, 3.05) is 20.3 Å². The van der Waals surface area contributed by atoms with E-state index in [4.69, 9.17) is 14.2 Å². The van der Waals surface area contributed by atoms with Crippen LogP contribution in [0.2, 0.25) is 0 Å². The van der Waals surface area contributed by atoms with Gasteiger partial charge in [-0.3, -0.25) is 0 Å². The lowest BCUT2D eigenvalue weighted by Crippen LogP contribution is -2.34. The molecule has 0 aliphatic carbocycles. The number of halogens is 1. The second-order valence-electron chi connectivity index (χ2n) is 9.20. The summed E-state index contributed by atoms with van der Waals surface area (Å²) in [5.74, 6) is -0.356. The standard InChI is InChI=1S/C26H26BrN3O7S2/c1-26(2,3)37-25(32)29-13-15-36-20-19(27)21(38-22(20)24(31)35-4)17-10-12-28-23-18(17)11-14-30(23)39(33,34)16-8-6-5-7-9-16/h5-12,14H,13,15H2,1-4H3,(H,29,32). The molecule has 3 aromatic heterocycles. The number of rotatable bonds is 8. The highest BCUT2D eigenvalue weighted by Crippen LogP contribution is 2.47. The van der Waals surface area contributed by atoms with Gasteiger partial charge in [0.05, 0.1) is 27.9 Å². The van der Waals surface area contributed by atoms with Crippen LogP contribution in [0.4, 0.5) is 4.79 Å². The molecule has 0 radical (unpaired) electrons. The van der Waals surface area contributed by atoms with Crippen molar-refractivity contribution in [3.05, 3.63) is 64.2 Å². The molecule has 1 aromatic carbocycles. The first kappa shape index (κ1) is 28.6. The third-order valence-corrected chi connectivity index (χ3v) is 9.18. The quantitative estimate of drug-likeness (QED) is 0.200. The van der Waals surface area contributed by atoms with Gasteiger partial charge in [0.25, 0.3) is 10.0 Å². The Kier molecular flexibility index (Phi) is 8.33. The van der Waals surface area contributed by atoms with Crippen molar-refractivity contribution in [1.29, 1.82) is 0 Å². The lowest BCUT2D eigenvalue weighted by atomic mass is 10.1. The normalized spacial score (nSPS) is 11.8. The Morgan fingerprint density at radius 1 is 1.13 bits per heavy atom. The van der Waals surface area contributed by atoms with Crippen LogP contribution in [0.3, 0.4) is 0 Å². The van der Waals surface area contributed by atoms with Crippen molar-refractivity contribution in [1.82, 2.24) is 14.3 Å². The van der Waals surface area contributed by atoms with Crippen LogP contribution in [0.1, 0.15) is 30.4 Å². The molecular formula is C26H26BrN3O7S2. The minimum atomic E-state index is -3.88. The van der Waals surface area contributed by atoms with Gasteiger partial charge in [-0.1, -0.05) is 18.2 Å². The number of esters is 1. The van der Waals surface area contributed by atoms with Crippen molar-refractivity contribution in [2.24, 2.45) is 0 Å². The smallest absolute Gasteiger partial charge is 0.407 e. The molecule has 1 N–H and O–H groups in total. The van der Waals surface area contributed by atoms with Crippen molar-refractivity contribution in [3.8, 4) is 16.2 Å². The van der Waals surface area contributed by atoms with Crippen LogP contribution in [0.15, 0.2) is 64.2 Å². The predicted octanol–water partition coefficient (Wildman–Crippen LogP) is 5.45. The molecule has 0 aliphatic rings. The van der Waals surface area contributed by atoms with E-state index >= 15 is 0 Å². The number of methoxy groups -OCH3 is 1. The second-order valence-corrected chi connectivity index (χ2v) is 12.8. The van der Waals surface area contributed by atoms with E-state index in [1.807, 2.05) is 0 Å². The highest BCUT2D eigenvalue weighted by atomic mass is 79.9. The number of thiophene rings is 1. The molecule has 4 aromatic rings. The third kappa shape index (κ3) is 6.10. The third-order valence-electron chi connectivity index (χ3n) is 5.30. The molecule has 1 amide bonds. The molecule has 0 atom stereocenters. The molecule has 0 bridgehead atoms. The Labute approximate surface area is 238 Å². The molecule has 0 spiro atoms. The number of carbonyl (C=O) groups excluding carboxylic acids is 2. The van der Waals surface area contributed by atoms with Crippen molar-refractivity contribution < 1.29 is 32.2 Å². The van der Waals surface area contributed by atoms with Gasteiger partial charge in [0.1, 0.15) is 12.2 Å². The highest BCUT2D eigenvalue weighted by Gasteiger charge is 2.27. The Hall–Kier alpha value is -3.42. The van der Waals surface area contributed by atoms with Gasteiger partial charge in [0, 0.05) is 23.3 Å². The van der Waals surface area contributed by atoms with Crippen molar-refractivity contribution >= 4 is 60.4 Å². The summed E-state index contributed by atoms with van der Waals surface area (Å²) in [6.45, 7) is 5.47. The molecule has 3 heterocycles. The average Bonchev–Trinajstić information content (AvgIpc) is 3.47. The summed E-state index contributed by atoms with van der Waals surface area (Å²) < 4.78 is 44.2. The van der Waals surface area contributed by atoms with Gasteiger partial charge < -0.3 is 19.5 Å². The van der Waals surface area contributed by atoms with Gasteiger partial charge in [0.2, 0.25) is 0 Å². The molecule has 0 aliphatic heterocycles. The average molecular weight is 637 g/mol. The van der Waals surface area contributed by atoms with E-state index in [-0.39, 0.29) is 34.3 Å². The fourth-order valence-corrected chi connectivity index (χ4v) is 6.98. The largest absolute Gasteiger partial charge is 0.489 e. The fraction of sp³-hybridized carbons (Fsp3) is 0.269. The molecule has 13 heteroatoms. The van der Waals surface area contributed by atoms with Gasteiger partial charge in [0.15, 0.2) is 16.3 Å². The number of hydrogen-bond donors (Lipinski definition) is 1. The summed E-state index contributed by atoms with van der Waals surface area (Å²) >= 11 is 4.67. The monoisotopic (exact) mass is 635 g/mol. The number of nitrogens with one attached hydrogen (secondary N) is 1. The van der Waals surface area contributed by atoms with Gasteiger partial charge in [-0.25, -0.2) is 27.0 Å². The van der Waals surface area contributed by atoms with E-state index in [1.54, 1.807) is 51.1 Å². The zero-order valence-corrected chi connectivity index (χ0v) is 24.8. The number of fused-ring (bicyclic) bond motifs is 1. The number of pyridine rings is 1. The van der Waals surface area contributed by atoms with Crippen LogP contribution in [0.25, 0.3) is 21.5 Å². The number of hydrogen-bond acceptors (Lipinski definition) is 9. The molecule has 4 rings (SSSR count). The van der Waals surface area contributed by atoms with Gasteiger partial charge in [-0.2, -0.15) is 0 Å². The van der Waals surface area contributed by atoms with Crippen LogP contribution in [-0.2, 0) is 19.5 Å². The summed E-state index contributed by atoms with van der Waals surface area (Å²) in [4.78, 5) is 29.8. The second kappa shape index (κ2) is 11.4. The maximum Gasteiger partial charge on any atom is 0.407 e. The maximum atomic E-state index is 13.3. The van der Waals surface area contributed by atoms with E-state index in [2.05, 4.69) is 26.2 Å². The Balaban J connectivity index is 1.67. The molecule has 0 fully saturated rings. The number of ether oxygens (including phenoxy) is 3. The Morgan fingerprint density at radius 2 is 1.85 bits per heavy atom. The molecule has 0 saturated heterocycles. The zero-order chi connectivity index (χ0) is 28.4. The van der Waals surface area contributed by atoms with Crippen LogP contribution >= 0.6 is 27.3 Å². The number of nitrogens with zero attached hydrogens (tertiary/aromatic N) is 2. The highest BCUT2D eigenvalue weighted by molar-refractivity contribution is 9.10. The minimum Gasteiger partial charge on any atom is -0.489 e. The van der Waals surface area contributed by atoms with Gasteiger partial charge >= 0.3 is 12.1 Å². The van der Waals surface area contributed by atoms with Crippen molar-refractivity contribution in [3.63, 3.8) is 0 Å². The van der Waals surface area contributed by atoms with E-state index in [9.17, 15) is 18.0 Å². The Morgan fingerprint density at radius 3 is 2.51 bits per heavy atom. The molecule has 0 unspecified atom stereocenters. The summed E-state index contributed by atoms with van der Waals surface area (Å²) in [6, 6.07) is 11.5. The number of benzene rings is 1. The number of amides is 1. The summed E-state index contributed by atoms with van der Waals surface area (Å²) in [6.07, 6.45) is 2.37. The summed E-state index contributed by atoms with van der Waals surface area (Å²) in [7, 11) is -2.62. The lowest BCUT2D eigenvalue weighted by Gasteiger charge is -2.19.